The highest BCUT2D eigenvalue weighted by molar-refractivity contribution is 5.90. The summed E-state index contributed by atoms with van der Waals surface area (Å²) in [5.41, 5.74) is 5.57. The summed E-state index contributed by atoms with van der Waals surface area (Å²) in [6.07, 6.45) is 0.727. The predicted octanol–water partition coefficient (Wildman–Crippen LogP) is 0.0802. The van der Waals surface area contributed by atoms with Crippen LogP contribution in [0.2, 0.25) is 0 Å². The van der Waals surface area contributed by atoms with Crippen molar-refractivity contribution in [3.8, 4) is 0 Å². The van der Waals surface area contributed by atoms with Crippen molar-refractivity contribution in [2.24, 2.45) is 11.7 Å². The molecule has 1 rings (SSSR count). The summed E-state index contributed by atoms with van der Waals surface area (Å²) in [5.74, 6) is 0.897. The lowest BCUT2D eigenvalue weighted by atomic mass is 10.0. The summed E-state index contributed by atoms with van der Waals surface area (Å²) in [6.45, 7) is 6.37. The molecule has 1 atom stereocenters. The minimum atomic E-state index is -0.278. The lowest BCUT2D eigenvalue weighted by Crippen LogP contribution is -2.44. The highest BCUT2D eigenvalue weighted by Crippen LogP contribution is 2.01. The molecule has 1 unspecified atom stereocenters. The molecule has 4 N–H and O–H groups in total. The second-order valence-electron chi connectivity index (χ2n) is 4.02. The molecule has 0 radical (unpaired) electrons. The minimum Gasteiger partial charge on any atom is -0.345 e. The molecule has 0 aliphatic carbocycles. The third-order valence-corrected chi connectivity index (χ3v) is 2.44. The van der Waals surface area contributed by atoms with Gasteiger partial charge in [-0.25, -0.2) is 4.98 Å². The number of nitrogens with two attached hydrogens (primary N) is 1. The molecule has 0 fully saturated rings. The van der Waals surface area contributed by atoms with E-state index in [2.05, 4.69) is 20.5 Å². The maximum absolute atomic E-state index is 11.7. The van der Waals surface area contributed by atoms with Gasteiger partial charge < -0.3 is 11.1 Å². The fourth-order valence-corrected chi connectivity index (χ4v) is 1.29. The summed E-state index contributed by atoms with van der Waals surface area (Å²) >= 11 is 0. The summed E-state index contributed by atoms with van der Waals surface area (Å²) in [4.78, 5) is 15.8. The van der Waals surface area contributed by atoms with E-state index < -0.39 is 0 Å². The molecule has 6 heteroatoms. The lowest BCUT2D eigenvalue weighted by Gasteiger charge is -2.19. The smallest absolute Gasteiger partial charge is 0.291 e. The fourth-order valence-electron chi connectivity index (χ4n) is 1.29. The number of H-pyrrole nitrogens is 1. The van der Waals surface area contributed by atoms with Gasteiger partial charge in [0.25, 0.3) is 5.91 Å². The highest BCUT2D eigenvalue weighted by Gasteiger charge is 2.18. The van der Waals surface area contributed by atoms with Crippen LogP contribution in [-0.4, -0.2) is 33.7 Å². The Morgan fingerprint density at radius 2 is 2.25 bits per heavy atom. The van der Waals surface area contributed by atoms with E-state index in [-0.39, 0.29) is 17.8 Å². The normalized spacial score (nSPS) is 12.8. The average molecular weight is 225 g/mol. The van der Waals surface area contributed by atoms with Crippen LogP contribution in [-0.2, 0) is 6.42 Å². The Bertz CT molecular complexity index is 347. The van der Waals surface area contributed by atoms with E-state index in [4.69, 9.17) is 5.73 Å². The number of amides is 1. The fraction of sp³-hybridized carbons (Fsp3) is 0.700. The molecular formula is C10H19N5O. The van der Waals surface area contributed by atoms with Crippen molar-refractivity contribution in [1.82, 2.24) is 20.5 Å². The van der Waals surface area contributed by atoms with Crippen molar-refractivity contribution in [3.63, 3.8) is 0 Å². The number of carbonyl (C=O) groups is 1. The summed E-state index contributed by atoms with van der Waals surface area (Å²) in [6, 6.07) is -0.0453. The number of nitrogens with zero attached hydrogens (tertiary/aromatic N) is 2. The van der Waals surface area contributed by atoms with Crippen LogP contribution < -0.4 is 11.1 Å². The number of aryl methyl sites for hydroxylation is 1. The molecule has 0 aliphatic heterocycles. The van der Waals surface area contributed by atoms with Gasteiger partial charge in [0.1, 0.15) is 5.82 Å². The predicted molar refractivity (Wildman–Crippen MR) is 60.9 cm³/mol. The van der Waals surface area contributed by atoms with E-state index >= 15 is 0 Å². The Kier molecular flexibility index (Phi) is 4.42. The molecule has 1 heterocycles. The van der Waals surface area contributed by atoms with Crippen molar-refractivity contribution in [2.75, 3.05) is 6.54 Å². The van der Waals surface area contributed by atoms with E-state index in [1.165, 1.54) is 0 Å². The first kappa shape index (κ1) is 12.6. The highest BCUT2D eigenvalue weighted by atomic mass is 16.2. The molecule has 6 nitrogen and oxygen atoms in total. The van der Waals surface area contributed by atoms with Gasteiger partial charge in [0, 0.05) is 19.0 Å². The van der Waals surface area contributed by atoms with Crippen LogP contribution in [0.15, 0.2) is 0 Å². The monoisotopic (exact) mass is 225 g/mol. The van der Waals surface area contributed by atoms with Crippen LogP contribution in [0.3, 0.4) is 0 Å². The van der Waals surface area contributed by atoms with E-state index in [9.17, 15) is 4.79 Å². The molecule has 0 aliphatic rings. The van der Waals surface area contributed by atoms with Gasteiger partial charge >= 0.3 is 0 Å². The Hall–Kier alpha value is -1.43. The average Bonchev–Trinajstić information content (AvgIpc) is 2.73. The SMILES string of the molecule is CCc1nc(C(=O)NC(CN)C(C)C)n[nH]1. The molecule has 1 amide bonds. The molecule has 16 heavy (non-hydrogen) atoms. The van der Waals surface area contributed by atoms with E-state index in [1.807, 2.05) is 20.8 Å². The summed E-state index contributed by atoms with van der Waals surface area (Å²) in [5, 5.41) is 9.36. The molecule has 0 spiro atoms. The van der Waals surface area contributed by atoms with E-state index in [0.717, 1.165) is 6.42 Å². The Morgan fingerprint density at radius 3 is 2.69 bits per heavy atom. The standard InChI is InChI=1S/C10H19N5O/c1-4-8-13-9(15-14-8)10(16)12-7(5-11)6(2)3/h6-7H,4-5,11H2,1-3H3,(H,12,16)(H,13,14,15). The zero-order valence-corrected chi connectivity index (χ0v) is 9.95. The number of aromatic amines is 1. The molecule has 0 bridgehead atoms. The van der Waals surface area contributed by atoms with Crippen LogP contribution in [0, 0.1) is 5.92 Å². The number of carbonyl (C=O) groups excluding carboxylic acids is 1. The third-order valence-electron chi connectivity index (χ3n) is 2.44. The Morgan fingerprint density at radius 1 is 1.56 bits per heavy atom. The van der Waals surface area contributed by atoms with Gasteiger partial charge in [-0.15, -0.1) is 5.10 Å². The maximum atomic E-state index is 11.7. The van der Waals surface area contributed by atoms with Crippen LogP contribution in [0.5, 0.6) is 0 Å². The second kappa shape index (κ2) is 5.60. The van der Waals surface area contributed by atoms with Gasteiger partial charge in [0.05, 0.1) is 0 Å². The van der Waals surface area contributed by atoms with Crippen LogP contribution in [0.4, 0.5) is 0 Å². The van der Waals surface area contributed by atoms with Gasteiger partial charge in [-0.3, -0.25) is 9.89 Å². The topological polar surface area (TPSA) is 96.7 Å². The first-order valence-electron chi connectivity index (χ1n) is 5.50. The first-order valence-corrected chi connectivity index (χ1v) is 5.50. The van der Waals surface area contributed by atoms with Crippen molar-refractivity contribution in [1.29, 1.82) is 0 Å². The number of nitrogens with one attached hydrogen (secondary N) is 2. The third kappa shape index (κ3) is 3.03. The van der Waals surface area contributed by atoms with Gasteiger partial charge in [0.2, 0.25) is 5.82 Å². The Balaban J connectivity index is 2.64. The molecule has 1 aromatic rings. The Labute approximate surface area is 95.0 Å². The van der Waals surface area contributed by atoms with Crippen LogP contribution in [0.25, 0.3) is 0 Å². The van der Waals surface area contributed by atoms with Gasteiger partial charge in [-0.2, -0.15) is 0 Å². The zero-order chi connectivity index (χ0) is 12.1. The van der Waals surface area contributed by atoms with Crippen molar-refractivity contribution in [3.05, 3.63) is 11.6 Å². The molecule has 1 aromatic heterocycles. The quantitative estimate of drug-likeness (QED) is 0.661. The number of rotatable bonds is 5. The van der Waals surface area contributed by atoms with Gasteiger partial charge in [0.15, 0.2) is 0 Å². The first-order chi connectivity index (χ1) is 7.58. The van der Waals surface area contributed by atoms with Crippen LogP contribution in [0.1, 0.15) is 37.2 Å². The zero-order valence-electron chi connectivity index (χ0n) is 9.95. The molecule has 0 saturated heterocycles. The maximum Gasteiger partial charge on any atom is 0.291 e. The van der Waals surface area contributed by atoms with Gasteiger partial charge in [-0.05, 0) is 5.92 Å². The number of hydrogen-bond acceptors (Lipinski definition) is 4. The van der Waals surface area contributed by atoms with Gasteiger partial charge in [-0.1, -0.05) is 20.8 Å². The molecule has 90 valence electrons. The molecular weight excluding hydrogens is 206 g/mol. The van der Waals surface area contributed by atoms with Crippen LogP contribution >= 0.6 is 0 Å². The van der Waals surface area contributed by atoms with Crippen molar-refractivity contribution >= 4 is 5.91 Å². The molecule has 0 saturated carbocycles. The van der Waals surface area contributed by atoms with E-state index in [1.54, 1.807) is 0 Å². The lowest BCUT2D eigenvalue weighted by molar-refractivity contribution is 0.0917. The summed E-state index contributed by atoms with van der Waals surface area (Å²) in [7, 11) is 0. The van der Waals surface area contributed by atoms with Crippen molar-refractivity contribution < 1.29 is 4.79 Å². The molecule has 0 aromatic carbocycles. The largest absolute Gasteiger partial charge is 0.345 e. The second-order valence-corrected chi connectivity index (χ2v) is 4.02. The summed E-state index contributed by atoms with van der Waals surface area (Å²) < 4.78 is 0. The van der Waals surface area contributed by atoms with E-state index in [0.29, 0.717) is 18.3 Å². The van der Waals surface area contributed by atoms with Crippen molar-refractivity contribution in [2.45, 2.75) is 33.2 Å². The number of hydrogen-bond donors (Lipinski definition) is 3. The minimum absolute atomic E-state index is 0.0453. The number of aromatic nitrogens is 3.